The Balaban J connectivity index is 1.76. The largest absolute Gasteiger partial charge is 0.296 e. The number of fused-ring (bicyclic) bond motifs is 1. The molecule has 0 radical (unpaired) electrons. The quantitative estimate of drug-likeness (QED) is 0.697. The molecule has 0 aliphatic heterocycles. The molecule has 4 nitrogen and oxygen atoms in total. The monoisotopic (exact) mass is 305 g/mol. The summed E-state index contributed by atoms with van der Waals surface area (Å²) in [5.74, 6) is -0.109. The summed E-state index contributed by atoms with van der Waals surface area (Å²) >= 11 is 2.92. The number of hydrogen-bond acceptors (Lipinski definition) is 5. The summed E-state index contributed by atoms with van der Waals surface area (Å²) in [6.07, 6.45) is 6.61. The Bertz CT molecular complexity index is 639. The lowest BCUT2D eigenvalue weighted by Crippen LogP contribution is -2.13. The molecule has 1 aromatic carbocycles. The predicted molar refractivity (Wildman–Crippen MR) is 82.7 cm³/mol. The Morgan fingerprint density at radius 1 is 1.25 bits per heavy atom. The zero-order valence-electron chi connectivity index (χ0n) is 11.2. The van der Waals surface area contributed by atoms with Crippen molar-refractivity contribution in [1.29, 1.82) is 0 Å². The molecule has 1 amide bonds. The molecule has 0 atom stereocenters. The minimum Gasteiger partial charge on any atom is -0.296 e. The number of carbonyl (C=O) groups is 1. The van der Waals surface area contributed by atoms with Crippen molar-refractivity contribution in [3.63, 3.8) is 0 Å². The highest BCUT2D eigenvalue weighted by Crippen LogP contribution is 2.25. The summed E-state index contributed by atoms with van der Waals surface area (Å²) in [7, 11) is 0. The topological polar surface area (TPSA) is 54.9 Å². The third-order valence-corrected chi connectivity index (χ3v) is 5.23. The van der Waals surface area contributed by atoms with Gasteiger partial charge in [-0.1, -0.05) is 29.2 Å². The summed E-state index contributed by atoms with van der Waals surface area (Å²) in [5, 5.41) is 11.3. The van der Waals surface area contributed by atoms with Crippen LogP contribution in [0.15, 0.2) is 22.5 Å². The maximum Gasteiger partial charge on any atom is 0.257 e. The van der Waals surface area contributed by atoms with E-state index >= 15 is 0 Å². The highest BCUT2D eigenvalue weighted by atomic mass is 32.2. The van der Waals surface area contributed by atoms with Gasteiger partial charge < -0.3 is 0 Å². The summed E-state index contributed by atoms with van der Waals surface area (Å²) < 4.78 is 0.853. The van der Waals surface area contributed by atoms with Gasteiger partial charge in [0.25, 0.3) is 5.91 Å². The smallest absolute Gasteiger partial charge is 0.257 e. The Kier molecular flexibility index (Phi) is 4.03. The van der Waals surface area contributed by atoms with E-state index in [2.05, 4.69) is 21.6 Å². The molecule has 20 heavy (non-hydrogen) atoms. The zero-order valence-corrected chi connectivity index (χ0v) is 12.8. The van der Waals surface area contributed by atoms with E-state index in [9.17, 15) is 4.79 Å². The van der Waals surface area contributed by atoms with Crippen LogP contribution in [-0.2, 0) is 12.8 Å². The third-order valence-electron chi connectivity index (χ3n) is 3.41. The average Bonchev–Trinajstić information content (AvgIpc) is 2.94. The minimum atomic E-state index is -0.109. The first kappa shape index (κ1) is 13.6. The molecule has 2 aromatic rings. The number of nitrogens with zero attached hydrogens (tertiary/aromatic N) is 2. The normalized spacial score (nSPS) is 13.8. The maximum absolute atomic E-state index is 12.2. The van der Waals surface area contributed by atoms with Crippen LogP contribution >= 0.6 is 23.1 Å². The number of aromatic nitrogens is 2. The molecule has 3 rings (SSSR count). The fourth-order valence-corrected chi connectivity index (χ4v) is 3.55. The van der Waals surface area contributed by atoms with Gasteiger partial charge in [0, 0.05) is 5.56 Å². The number of nitrogens with one attached hydrogen (secondary N) is 1. The SMILES string of the molecule is CSc1nnc(NC(=O)c2ccc3c(c2)CCCC3)s1. The maximum atomic E-state index is 12.2. The van der Waals surface area contributed by atoms with E-state index in [0.717, 1.165) is 17.2 Å². The lowest BCUT2D eigenvalue weighted by atomic mass is 9.90. The second kappa shape index (κ2) is 5.93. The van der Waals surface area contributed by atoms with Gasteiger partial charge in [-0.25, -0.2) is 0 Å². The third kappa shape index (κ3) is 2.86. The fraction of sp³-hybridized carbons (Fsp3) is 0.357. The Labute approximate surface area is 126 Å². The van der Waals surface area contributed by atoms with Gasteiger partial charge in [-0.05, 0) is 55.2 Å². The summed E-state index contributed by atoms with van der Waals surface area (Å²) in [5.41, 5.74) is 3.39. The molecule has 104 valence electrons. The van der Waals surface area contributed by atoms with E-state index in [1.165, 1.54) is 47.1 Å². The highest BCUT2D eigenvalue weighted by molar-refractivity contribution is 8.00. The van der Waals surface area contributed by atoms with Gasteiger partial charge in [0.2, 0.25) is 5.13 Å². The van der Waals surface area contributed by atoms with Crippen LogP contribution in [0, 0.1) is 0 Å². The highest BCUT2D eigenvalue weighted by Gasteiger charge is 2.14. The van der Waals surface area contributed by atoms with Crippen LogP contribution in [0.2, 0.25) is 0 Å². The standard InChI is InChI=1S/C14H15N3OS2/c1-19-14-17-16-13(20-14)15-12(18)11-7-6-9-4-2-3-5-10(9)8-11/h6-8H,2-5H2,1H3,(H,15,16,18). The number of rotatable bonds is 3. The van der Waals surface area contributed by atoms with Crippen molar-refractivity contribution in [2.75, 3.05) is 11.6 Å². The van der Waals surface area contributed by atoms with Crippen molar-refractivity contribution in [3.8, 4) is 0 Å². The van der Waals surface area contributed by atoms with Gasteiger partial charge in [-0.3, -0.25) is 10.1 Å². The second-order valence-corrected chi connectivity index (χ2v) is 6.75. The number of aryl methyl sites for hydroxylation is 2. The first-order valence-corrected chi connectivity index (χ1v) is 8.61. The molecule has 1 aliphatic rings. The Hall–Kier alpha value is -1.40. The number of amides is 1. The summed E-state index contributed by atoms with van der Waals surface area (Å²) in [4.78, 5) is 12.2. The Morgan fingerprint density at radius 2 is 2.05 bits per heavy atom. The zero-order chi connectivity index (χ0) is 13.9. The molecule has 0 bridgehead atoms. The van der Waals surface area contributed by atoms with Gasteiger partial charge in [0.15, 0.2) is 4.34 Å². The van der Waals surface area contributed by atoms with Crippen molar-refractivity contribution < 1.29 is 4.79 Å². The fourth-order valence-electron chi connectivity index (χ4n) is 2.39. The molecule has 1 heterocycles. The van der Waals surface area contributed by atoms with Crippen LogP contribution in [0.3, 0.4) is 0 Å². The van der Waals surface area contributed by atoms with Crippen LogP contribution in [0.25, 0.3) is 0 Å². The van der Waals surface area contributed by atoms with Crippen LogP contribution in [-0.4, -0.2) is 22.4 Å². The Morgan fingerprint density at radius 3 is 2.80 bits per heavy atom. The van der Waals surface area contributed by atoms with Crippen LogP contribution in [0.1, 0.15) is 34.3 Å². The van der Waals surface area contributed by atoms with E-state index in [0.29, 0.717) is 10.7 Å². The van der Waals surface area contributed by atoms with E-state index < -0.39 is 0 Å². The molecule has 0 saturated heterocycles. The number of hydrogen-bond donors (Lipinski definition) is 1. The average molecular weight is 305 g/mol. The number of carbonyl (C=O) groups excluding carboxylic acids is 1. The molecule has 0 spiro atoms. The first-order valence-electron chi connectivity index (χ1n) is 6.57. The van der Waals surface area contributed by atoms with Gasteiger partial charge >= 0.3 is 0 Å². The number of thioether (sulfide) groups is 1. The molecule has 1 aliphatic carbocycles. The predicted octanol–water partition coefficient (Wildman–Crippen LogP) is 3.39. The molecule has 0 unspecified atom stereocenters. The molecule has 0 saturated carbocycles. The minimum absolute atomic E-state index is 0.109. The molecule has 1 N–H and O–H groups in total. The van der Waals surface area contributed by atoms with Crippen LogP contribution < -0.4 is 5.32 Å². The summed E-state index contributed by atoms with van der Waals surface area (Å²) in [6, 6.07) is 5.99. The van der Waals surface area contributed by atoms with E-state index in [4.69, 9.17) is 0 Å². The lowest BCUT2D eigenvalue weighted by molar-refractivity contribution is 0.102. The van der Waals surface area contributed by atoms with Crippen molar-refractivity contribution in [3.05, 3.63) is 34.9 Å². The molecular formula is C14H15N3OS2. The van der Waals surface area contributed by atoms with E-state index in [1.54, 1.807) is 0 Å². The second-order valence-electron chi connectivity index (χ2n) is 4.72. The van der Waals surface area contributed by atoms with Crippen LogP contribution in [0.4, 0.5) is 5.13 Å². The van der Waals surface area contributed by atoms with Gasteiger partial charge in [0.05, 0.1) is 0 Å². The van der Waals surface area contributed by atoms with Crippen molar-refractivity contribution in [2.45, 2.75) is 30.0 Å². The van der Waals surface area contributed by atoms with Crippen molar-refractivity contribution in [1.82, 2.24) is 10.2 Å². The van der Waals surface area contributed by atoms with E-state index in [1.807, 2.05) is 18.4 Å². The van der Waals surface area contributed by atoms with E-state index in [-0.39, 0.29) is 5.91 Å². The van der Waals surface area contributed by atoms with Gasteiger partial charge in [-0.2, -0.15) is 0 Å². The first-order chi connectivity index (χ1) is 9.76. The van der Waals surface area contributed by atoms with Gasteiger partial charge in [0.1, 0.15) is 0 Å². The van der Waals surface area contributed by atoms with Crippen molar-refractivity contribution in [2.24, 2.45) is 0 Å². The number of benzene rings is 1. The van der Waals surface area contributed by atoms with Crippen molar-refractivity contribution >= 4 is 34.1 Å². The lowest BCUT2D eigenvalue weighted by Gasteiger charge is -2.16. The molecule has 0 fully saturated rings. The van der Waals surface area contributed by atoms with Crippen LogP contribution in [0.5, 0.6) is 0 Å². The van der Waals surface area contributed by atoms with Gasteiger partial charge in [-0.15, -0.1) is 10.2 Å². The molecular weight excluding hydrogens is 290 g/mol. The summed E-state index contributed by atoms with van der Waals surface area (Å²) in [6.45, 7) is 0. The molecule has 1 aromatic heterocycles. The molecule has 6 heteroatoms. The number of anilines is 1.